The van der Waals surface area contributed by atoms with Gasteiger partial charge in [-0.3, -0.25) is 9.59 Å². The van der Waals surface area contributed by atoms with Gasteiger partial charge < -0.3 is 23.7 Å². The molecular weight excluding hydrogens is 600 g/mol. The molecule has 222 valence electrons. The first kappa shape index (κ1) is 28.1. The van der Waals surface area contributed by atoms with Gasteiger partial charge in [0.25, 0.3) is 0 Å². The van der Waals surface area contributed by atoms with E-state index in [1.54, 1.807) is 54.6 Å². The van der Waals surface area contributed by atoms with Crippen molar-refractivity contribution in [3.8, 4) is 28.7 Å². The van der Waals surface area contributed by atoms with Crippen molar-refractivity contribution in [3.05, 3.63) is 124 Å². The van der Waals surface area contributed by atoms with Crippen molar-refractivity contribution in [2.45, 2.75) is 19.4 Å². The molecule has 2 heterocycles. The summed E-state index contributed by atoms with van der Waals surface area (Å²) in [6.07, 6.45) is 0. The van der Waals surface area contributed by atoms with Crippen LogP contribution in [0.15, 0.2) is 91.0 Å². The fraction of sp³-hybridized carbons (Fsp3) is 0.0857. The van der Waals surface area contributed by atoms with E-state index in [9.17, 15) is 19.2 Å². The number of hydrogen-bond donors (Lipinski definition) is 0. The Bertz CT molecular complexity index is 2050. The molecule has 0 amide bonds. The highest BCUT2D eigenvalue weighted by atomic mass is 35.5. The third-order valence-electron chi connectivity index (χ3n) is 7.54. The first-order valence-corrected chi connectivity index (χ1v) is 14.1. The van der Waals surface area contributed by atoms with Crippen LogP contribution in [0.3, 0.4) is 0 Å². The van der Waals surface area contributed by atoms with Gasteiger partial charge in [0, 0.05) is 58.5 Å². The van der Waals surface area contributed by atoms with Gasteiger partial charge >= 0.3 is 23.9 Å². The number of ether oxygens (including phenoxy) is 5. The highest BCUT2D eigenvalue weighted by Gasteiger charge is 2.54. The average Bonchev–Trinajstić information content (AvgIpc) is 3.29. The second-order valence-corrected chi connectivity index (χ2v) is 10.8. The third-order valence-corrected chi connectivity index (χ3v) is 7.87. The van der Waals surface area contributed by atoms with Gasteiger partial charge in [0.1, 0.15) is 28.7 Å². The fourth-order valence-electron chi connectivity index (χ4n) is 5.76. The van der Waals surface area contributed by atoms with E-state index in [-0.39, 0.29) is 34.1 Å². The topological polar surface area (TPSA) is 114 Å². The minimum atomic E-state index is -1.49. The van der Waals surface area contributed by atoms with E-state index in [1.807, 2.05) is 18.2 Å². The summed E-state index contributed by atoms with van der Waals surface area (Å²) in [6, 6.07) is 24.6. The molecule has 0 aromatic heterocycles. The molecule has 45 heavy (non-hydrogen) atoms. The summed E-state index contributed by atoms with van der Waals surface area (Å²) in [7, 11) is 0. The average molecular weight is 621 g/mol. The zero-order valence-electron chi connectivity index (χ0n) is 23.7. The van der Waals surface area contributed by atoms with E-state index < -0.39 is 29.5 Å². The maximum Gasteiger partial charge on any atom is 0.343 e. The maximum absolute atomic E-state index is 13.6. The summed E-state index contributed by atoms with van der Waals surface area (Å²) in [5, 5.41) is 1.91. The maximum atomic E-state index is 13.6. The van der Waals surface area contributed by atoms with Crippen molar-refractivity contribution in [1.82, 2.24) is 0 Å². The molecule has 0 saturated carbocycles. The van der Waals surface area contributed by atoms with Crippen molar-refractivity contribution < 1.29 is 42.9 Å². The Balaban J connectivity index is 1.33. The van der Waals surface area contributed by atoms with E-state index in [0.29, 0.717) is 32.8 Å². The second-order valence-electron chi connectivity index (χ2n) is 10.4. The van der Waals surface area contributed by atoms with Crippen LogP contribution >= 0.6 is 11.6 Å². The van der Waals surface area contributed by atoms with Gasteiger partial charge in [0.2, 0.25) is 0 Å². The molecule has 2 aliphatic rings. The number of carbonyl (C=O) groups excluding carboxylic acids is 4. The summed E-state index contributed by atoms with van der Waals surface area (Å²) in [5.74, 6) is -1.16. The van der Waals surface area contributed by atoms with Crippen LogP contribution in [0, 0.1) is 0 Å². The number of carbonyl (C=O) groups is 4. The van der Waals surface area contributed by atoms with Gasteiger partial charge in [0.15, 0.2) is 5.60 Å². The Morgan fingerprint density at radius 2 is 1.29 bits per heavy atom. The monoisotopic (exact) mass is 620 g/mol. The molecule has 0 N–H and O–H groups in total. The van der Waals surface area contributed by atoms with Crippen LogP contribution in [0.4, 0.5) is 0 Å². The lowest BCUT2D eigenvalue weighted by Gasteiger charge is -2.36. The lowest BCUT2D eigenvalue weighted by Crippen LogP contribution is -2.33. The number of hydrogen-bond acceptors (Lipinski definition) is 9. The van der Waals surface area contributed by atoms with Gasteiger partial charge in [0.05, 0.1) is 11.1 Å². The molecule has 1 spiro atoms. The lowest BCUT2D eigenvalue weighted by molar-refractivity contribution is -0.132. The third kappa shape index (κ3) is 4.65. The van der Waals surface area contributed by atoms with E-state index in [4.69, 9.17) is 35.3 Å². The molecular formula is C35H21ClO9. The van der Waals surface area contributed by atoms with Crippen LogP contribution in [0.25, 0.3) is 10.8 Å². The Morgan fingerprint density at radius 1 is 0.689 bits per heavy atom. The minimum absolute atomic E-state index is 0.129. The molecule has 0 radical (unpaired) electrons. The molecule has 9 nitrogen and oxygen atoms in total. The van der Waals surface area contributed by atoms with Crippen LogP contribution < -0.4 is 18.9 Å². The molecule has 7 rings (SSSR count). The van der Waals surface area contributed by atoms with E-state index >= 15 is 0 Å². The summed E-state index contributed by atoms with van der Waals surface area (Å²) in [4.78, 5) is 50.2. The van der Waals surface area contributed by atoms with Crippen molar-refractivity contribution in [1.29, 1.82) is 0 Å². The van der Waals surface area contributed by atoms with Crippen molar-refractivity contribution in [2.75, 3.05) is 0 Å². The fourth-order valence-corrected chi connectivity index (χ4v) is 5.98. The normalized spacial score (nSPS) is 13.6. The van der Waals surface area contributed by atoms with E-state index in [2.05, 4.69) is 0 Å². The van der Waals surface area contributed by atoms with Gasteiger partial charge in [-0.15, -0.1) is 0 Å². The number of benzene rings is 5. The zero-order valence-corrected chi connectivity index (χ0v) is 24.5. The van der Waals surface area contributed by atoms with Crippen LogP contribution in [0.5, 0.6) is 28.7 Å². The summed E-state index contributed by atoms with van der Waals surface area (Å²) >= 11 is 6.32. The summed E-state index contributed by atoms with van der Waals surface area (Å²) < 4.78 is 28.6. The largest absolute Gasteiger partial charge is 0.456 e. The Morgan fingerprint density at radius 3 is 1.91 bits per heavy atom. The Hall–Kier alpha value is -5.67. The molecule has 10 heteroatoms. The molecule has 2 aliphatic heterocycles. The predicted molar refractivity (Wildman–Crippen MR) is 161 cm³/mol. The van der Waals surface area contributed by atoms with Crippen molar-refractivity contribution in [3.63, 3.8) is 0 Å². The summed E-state index contributed by atoms with van der Waals surface area (Å²) in [5.41, 5.74) is 0.157. The van der Waals surface area contributed by atoms with Crippen molar-refractivity contribution in [2.24, 2.45) is 0 Å². The van der Waals surface area contributed by atoms with Gasteiger partial charge in [-0.2, -0.15) is 0 Å². The second kappa shape index (κ2) is 10.5. The number of fused-ring (bicyclic) bond motifs is 7. The molecule has 0 atom stereocenters. The SMILES string of the molecule is CC(=O)Oc1ccc2c(c1)Oc1cc(OC(C)=O)ccc1C21OC(=O)c2cc(C(=O)Oc3ccc(Cl)c4ccccc34)ccc21. The number of rotatable bonds is 4. The molecule has 0 fully saturated rings. The molecule has 0 unspecified atom stereocenters. The first-order chi connectivity index (χ1) is 21.6. The predicted octanol–water partition coefficient (Wildman–Crippen LogP) is 7.13. The highest BCUT2D eigenvalue weighted by molar-refractivity contribution is 6.35. The van der Waals surface area contributed by atoms with Crippen LogP contribution in [-0.2, 0) is 19.9 Å². The summed E-state index contributed by atoms with van der Waals surface area (Å²) in [6.45, 7) is 2.55. The molecule has 0 saturated heterocycles. The van der Waals surface area contributed by atoms with Crippen molar-refractivity contribution >= 4 is 46.3 Å². The zero-order chi connectivity index (χ0) is 31.5. The Kier molecular flexibility index (Phi) is 6.56. The number of halogens is 1. The molecule has 0 aliphatic carbocycles. The molecule has 0 bridgehead atoms. The smallest absolute Gasteiger partial charge is 0.343 e. The highest BCUT2D eigenvalue weighted by Crippen LogP contribution is 2.57. The van der Waals surface area contributed by atoms with Gasteiger partial charge in [-0.25, -0.2) is 9.59 Å². The number of esters is 4. The molecule has 5 aromatic rings. The lowest BCUT2D eigenvalue weighted by atomic mass is 9.77. The van der Waals surface area contributed by atoms with Crippen LogP contribution in [0.2, 0.25) is 5.02 Å². The van der Waals surface area contributed by atoms with E-state index in [1.165, 1.54) is 32.0 Å². The standard InChI is InChI=1S/C35H21ClO9/c1-18(37)41-21-8-11-27-31(16-21)43-32-17-22(42-19(2)38)9-12-28(32)35(27)26-10-7-20(15-25(26)34(40)45-35)33(39)44-30-14-13-29(36)23-5-3-4-6-24(23)30/h3-17H,1-2H3. The van der Waals surface area contributed by atoms with Crippen LogP contribution in [0.1, 0.15) is 51.3 Å². The Labute approximate surface area is 260 Å². The molecule has 5 aromatic carbocycles. The minimum Gasteiger partial charge on any atom is -0.456 e. The quantitative estimate of drug-likeness (QED) is 0.153. The van der Waals surface area contributed by atoms with Gasteiger partial charge in [-0.05, 0) is 48.5 Å². The van der Waals surface area contributed by atoms with Gasteiger partial charge in [-0.1, -0.05) is 41.9 Å². The van der Waals surface area contributed by atoms with E-state index in [0.717, 1.165) is 5.39 Å². The van der Waals surface area contributed by atoms with Crippen LogP contribution in [-0.4, -0.2) is 23.9 Å². The first-order valence-electron chi connectivity index (χ1n) is 13.7.